The van der Waals surface area contributed by atoms with E-state index in [0.29, 0.717) is 24.8 Å². The Morgan fingerprint density at radius 2 is 2.00 bits per heavy atom. The van der Waals surface area contributed by atoms with Gasteiger partial charge in [-0.25, -0.2) is 0 Å². The van der Waals surface area contributed by atoms with E-state index in [-0.39, 0.29) is 16.9 Å². The molecular formula is C17H27NO5S. The highest BCUT2D eigenvalue weighted by molar-refractivity contribution is 7.85. The van der Waals surface area contributed by atoms with Crippen LogP contribution in [0.5, 0.6) is 5.75 Å². The van der Waals surface area contributed by atoms with E-state index >= 15 is 0 Å². The molecule has 0 spiro atoms. The molecule has 0 saturated carbocycles. The number of carbonyl (C=O) groups is 1. The standard InChI is InChI=1S/C17H27NO5S/c1-5-7-22-16-10-18-14(9-15(16)19)11-24(21)13(4)17(20)23-8-6-12(2)3/h9-10,12-13H,5-8,11H2,1-4H3,(H,18,19). The third-order valence-electron chi connectivity index (χ3n) is 3.36. The van der Waals surface area contributed by atoms with Crippen molar-refractivity contribution in [3.8, 4) is 5.75 Å². The summed E-state index contributed by atoms with van der Waals surface area (Å²) in [5.74, 6) is 0.299. The lowest BCUT2D eigenvalue weighted by atomic mass is 10.1. The highest BCUT2D eigenvalue weighted by Gasteiger charge is 2.22. The second-order valence-electron chi connectivity index (χ2n) is 6.05. The van der Waals surface area contributed by atoms with Crippen LogP contribution in [0.1, 0.15) is 46.2 Å². The molecule has 24 heavy (non-hydrogen) atoms. The summed E-state index contributed by atoms with van der Waals surface area (Å²) in [6, 6.07) is 1.36. The number of rotatable bonds is 10. The molecular weight excluding hydrogens is 330 g/mol. The fourth-order valence-corrected chi connectivity index (χ4v) is 2.81. The summed E-state index contributed by atoms with van der Waals surface area (Å²) < 4.78 is 22.7. The molecule has 2 unspecified atom stereocenters. The largest absolute Gasteiger partial charge is 0.488 e. The van der Waals surface area contributed by atoms with E-state index in [9.17, 15) is 13.8 Å². The van der Waals surface area contributed by atoms with Crippen LogP contribution in [0.15, 0.2) is 17.1 Å². The summed E-state index contributed by atoms with van der Waals surface area (Å²) in [6.07, 6.45) is 3.05. The molecule has 0 aliphatic carbocycles. The highest BCUT2D eigenvalue weighted by Crippen LogP contribution is 2.09. The molecule has 136 valence electrons. The Bertz CT molecular complexity index is 611. The van der Waals surface area contributed by atoms with Crippen LogP contribution in [0.3, 0.4) is 0 Å². The molecule has 6 nitrogen and oxygen atoms in total. The molecule has 0 bridgehead atoms. The first-order valence-electron chi connectivity index (χ1n) is 8.23. The van der Waals surface area contributed by atoms with Crippen LogP contribution < -0.4 is 10.2 Å². The molecule has 2 atom stereocenters. The van der Waals surface area contributed by atoms with Crippen molar-refractivity contribution >= 4 is 16.8 Å². The van der Waals surface area contributed by atoms with Crippen molar-refractivity contribution in [1.82, 2.24) is 4.98 Å². The Morgan fingerprint density at radius 3 is 2.58 bits per heavy atom. The molecule has 1 rings (SSSR count). The van der Waals surface area contributed by atoms with Gasteiger partial charge < -0.3 is 14.5 Å². The molecule has 7 heteroatoms. The zero-order valence-corrected chi connectivity index (χ0v) is 15.6. The van der Waals surface area contributed by atoms with Crippen molar-refractivity contribution in [1.29, 1.82) is 0 Å². The molecule has 0 fully saturated rings. The third-order valence-corrected chi connectivity index (χ3v) is 4.94. The topological polar surface area (TPSA) is 85.5 Å². The second kappa shape index (κ2) is 10.3. The number of hydrogen-bond acceptors (Lipinski definition) is 5. The van der Waals surface area contributed by atoms with Gasteiger partial charge in [-0.05, 0) is 25.7 Å². The summed E-state index contributed by atoms with van der Waals surface area (Å²) in [5, 5.41) is -0.739. The average Bonchev–Trinajstić information content (AvgIpc) is 2.52. The molecule has 0 aliphatic rings. The van der Waals surface area contributed by atoms with Crippen LogP contribution in [0.2, 0.25) is 0 Å². The zero-order chi connectivity index (χ0) is 18.1. The van der Waals surface area contributed by atoms with E-state index in [2.05, 4.69) is 4.98 Å². The molecule has 0 amide bonds. The van der Waals surface area contributed by atoms with Crippen molar-refractivity contribution in [2.75, 3.05) is 13.2 Å². The van der Waals surface area contributed by atoms with Crippen molar-refractivity contribution < 1.29 is 18.5 Å². The van der Waals surface area contributed by atoms with Gasteiger partial charge in [-0.15, -0.1) is 0 Å². The van der Waals surface area contributed by atoms with Crippen LogP contribution in [-0.2, 0) is 26.1 Å². The van der Waals surface area contributed by atoms with Gasteiger partial charge in [-0.1, -0.05) is 20.8 Å². The van der Waals surface area contributed by atoms with Crippen molar-refractivity contribution in [2.45, 2.75) is 51.5 Å². The minimum atomic E-state index is -1.47. The predicted molar refractivity (Wildman–Crippen MR) is 94.6 cm³/mol. The molecule has 1 heterocycles. The number of hydrogen-bond donors (Lipinski definition) is 1. The Kier molecular flexibility index (Phi) is 8.74. The number of aromatic amines is 1. The van der Waals surface area contributed by atoms with E-state index in [1.807, 2.05) is 20.8 Å². The monoisotopic (exact) mass is 357 g/mol. The lowest BCUT2D eigenvalue weighted by molar-refractivity contribution is -0.143. The van der Waals surface area contributed by atoms with Gasteiger partial charge in [0, 0.05) is 28.8 Å². The fraction of sp³-hybridized carbons (Fsp3) is 0.647. The highest BCUT2D eigenvalue weighted by atomic mass is 32.2. The van der Waals surface area contributed by atoms with Crippen molar-refractivity contribution in [3.05, 3.63) is 28.2 Å². The van der Waals surface area contributed by atoms with Gasteiger partial charge in [0.25, 0.3) is 0 Å². The van der Waals surface area contributed by atoms with Gasteiger partial charge in [0.05, 0.1) is 19.0 Å². The van der Waals surface area contributed by atoms with Crippen LogP contribution in [-0.4, -0.2) is 33.6 Å². The number of pyridine rings is 1. The number of carbonyl (C=O) groups excluding carboxylic acids is 1. The number of ether oxygens (including phenoxy) is 2. The Hall–Kier alpha value is -1.63. The number of aromatic nitrogens is 1. The van der Waals surface area contributed by atoms with E-state index in [1.165, 1.54) is 12.3 Å². The van der Waals surface area contributed by atoms with Gasteiger partial charge >= 0.3 is 5.97 Å². The zero-order valence-electron chi connectivity index (χ0n) is 14.8. The Morgan fingerprint density at radius 1 is 1.29 bits per heavy atom. The van der Waals surface area contributed by atoms with Crippen LogP contribution in [0, 0.1) is 5.92 Å². The Balaban J connectivity index is 2.58. The summed E-state index contributed by atoms with van der Waals surface area (Å²) >= 11 is 0. The first-order valence-corrected chi connectivity index (χ1v) is 9.61. The lowest BCUT2D eigenvalue weighted by Crippen LogP contribution is -2.27. The van der Waals surface area contributed by atoms with Crippen LogP contribution >= 0.6 is 0 Å². The summed E-state index contributed by atoms with van der Waals surface area (Å²) in [7, 11) is -1.47. The van der Waals surface area contributed by atoms with E-state index in [0.717, 1.165) is 12.8 Å². The van der Waals surface area contributed by atoms with E-state index < -0.39 is 22.0 Å². The average molecular weight is 357 g/mol. The minimum absolute atomic E-state index is 0.0870. The van der Waals surface area contributed by atoms with Gasteiger partial charge in [0.15, 0.2) is 5.75 Å². The van der Waals surface area contributed by atoms with E-state index in [1.54, 1.807) is 6.92 Å². The molecule has 0 aliphatic heterocycles. The van der Waals surface area contributed by atoms with Crippen LogP contribution in [0.4, 0.5) is 0 Å². The first-order chi connectivity index (χ1) is 11.3. The SMILES string of the molecule is CCCOc1c[nH]c(CS(=O)C(C)C(=O)OCCC(C)C)cc1=O. The maximum Gasteiger partial charge on any atom is 0.321 e. The second-order valence-corrected chi connectivity index (χ2v) is 7.81. The summed E-state index contributed by atoms with van der Waals surface area (Å²) in [4.78, 5) is 26.7. The summed E-state index contributed by atoms with van der Waals surface area (Å²) in [6.45, 7) is 8.41. The van der Waals surface area contributed by atoms with Crippen LogP contribution in [0.25, 0.3) is 0 Å². The maximum atomic E-state index is 12.3. The van der Waals surface area contributed by atoms with Crippen molar-refractivity contribution in [3.63, 3.8) is 0 Å². The fourth-order valence-electron chi connectivity index (χ4n) is 1.81. The quantitative estimate of drug-likeness (QED) is 0.650. The van der Waals surface area contributed by atoms with Gasteiger partial charge in [-0.3, -0.25) is 13.8 Å². The lowest BCUT2D eigenvalue weighted by Gasteiger charge is -2.12. The Labute approximate surface area is 145 Å². The van der Waals surface area contributed by atoms with Gasteiger partial charge in [0.2, 0.25) is 5.43 Å². The molecule has 0 saturated heterocycles. The minimum Gasteiger partial charge on any atom is -0.488 e. The van der Waals surface area contributed by atoms with Crippen molar-refractivity contribution in [2.24, 2.45) is 5.92 Å². The first kappa shape index (κ1) is 20.4. The predicted octanol–water partition coefficient (Wildman–Crippen LogP) is 2.39. The van der Waals surface area contributed by atoms with Gasteiger partial charge in [-0.2, -0.15) is 0 Å². The van der Waals surface area contributed by atoms with E-state index in [4.69, 9.17) is 9.47 Å². The maximum absolute atomic E-state index is 12.3. The number of esters is 1. The molecule has 1 N–H and O–H groups in total. The smallest absolute Gasteiger partial charge is 0.321 e. The van der Waals surface area contributed by atoms with Gasteiger partial charge in [0.1, 0.15) is 5.25 Å². The molecule has 0 aromatic carbocycles. The summed E-state index contributed by atoms with van der Waals surface area (Å²) in [5.41, 5.74) is 0.241. The third kappa shape index (κ3) is 6.86. The number of nitrogens with one attached hydrogen (secondary N) is 1. The number of H-pyrrole nitrogens is 1. The molecule has 1 aromatic rings. The normalized spacial score (nSPS) is 13.5. The molecule has 0 radical (unpaired) electrons. The molecule has 1 aromatic heterocycles.